The van der Waals surface area contributed by atoms with Gasteiger partial charge in [-0.05, 0) is 49.7 Å². The monoisotopic (exact) mass is 379 g/mol. The lowest BCUT2D eigenvalue weighted by atomic mass is 9.86. The fourth-order valence-electron chi connectivity index (χ4n) is 3.87. The van der Waals surface area contributed by atoms with Crippen LogP contribution in [0.25, 0.3) is 10.9 Å². The van der Waals surface area contributed by atoms with Crippen molar-refractivity contribution in [3.8, 4) is 0 Å². The van der Waals surface area contributed by atoms with Gasteiger partial charge in [0, 0.05) is 23.9 Å². The first-order valence-electron chi connectivity index (χ1n) is 9.33. The van der Waals surface area contributed by atoms with Crippen LogP contribution in [-0.4, -0.2) is 35.0 Å². The largest absolute Gasteiger partial charge is 0.366 e. The summed E-state index contributed by atoms with van der Waals surface area (Å²) in [5, 5.41) is 7.69. The molecule has 28 heavy (non-hydrogen) atoms. The third-order valence-corrected chi connectivity index (χ3v) is 5.21. The van der Waals surface area contributed by atoms with E-state index in [0.717, 1.165) is 30.5 Å². The zero-order valence-electron chi connectivity index (χ0n) is 15.6. The van der Waals surface area contributed by atoms with E-state index in [2.05, 4.69) is 20.6 Å². The van der Waals surface area contributed by atoms with E-state index in [1.165, 1.54) is 12.1 Å². The predicted octanol–water partition coefficient (Wildman–Crippen LogP) is 2.73. The molecule has 2 atom stereocenters. The molecule has 1 saturated heterocycles. The number of anilines is 1. The topological polar surface area (TPSA) is 92.9 Å². The lowest BCUT2D eigenvalue weighted by Crippen LogP contribution is -2.44. The number of benzene rings is 2. The molecule has 1 fully saturated rings. The number of nitrogens with one attached hydrogen (secondary N) is 2. The molecule has 4 N–H and O–H groups in total. The maximum Gasteiger partial charge on any atom is 0.250 e. The van der Waals surface area contributed by atoms with E-state index in [4.69, 9.17) is 5.73 Å². The molecule has 7 heteroatoms. The fraction of sp³-hybridized carbons (Fsp3) is 0.286. The number of amides is 1. The molecule has 144 valence electrons. The van der Waals surface area contributed by atoms with Crippen LogP contribution >= 0.6 is 0 Å². The normalized spacial score (nSPS) is 19.5. The van der Waals surface area contributed by atoms with Gasteiger partial charge >= 0.3 is 0 Å². The number of nitrogens with two attached hydrogens (primary N) is 1. The number of aryl methyl sites for hydroxylation is 1. The Morgan fingerprint density at radius 2 is 2.00 bits per heavy atom. The van der Waals surface area contributed by atoms with Crippen molar-refractivity contribution in [3.63, 3.8) is 0 Å². The minimum Gasteiger partial charge on any atom is -0.366 e. The SMILES string of the molecule is Cc1nc(N[C@H]2CNCC[C@@H]2c2ccc(F)cc2)c2cccc(C(N)=O)c2n1. The summed E-state index contributed by atoms with van der Waals surface area (Å²) < 4.78 is 13.3. The van der Waals surface area contributed by atoms with Gasteiger partial charge < -0.3 is 16.4 Å². The number of primary amides is 1. The third kappa shape index (κ3) is 3.53. The Morgan fingerprint density at radius 3 is 2.75 bits per heavy atom. The maximum atomic E-state index is 13.3. The number of para-hydroxylation sites is 1. The second kappa shape index (κ2) is 7.52. The number of fused-ring (bicyclic) bond motifs is 1. The van der Waals surface area contributed by atoms with Crippen LogP contribution in [0.3, 0.4) is 0 Å². The van der Waals surface area contributed by atoms with Crippen LogP contribution in [0, 0.1) is 12.7 Å². The van der Waals surface area contributed by atoms with Crippen molar-refractivity contribution >= 4 is 22.6 Å². The van der Waals surface area contributed by atoms with E-state index >= 15 is 0 Å². The highest BCUT2D eigenvalue weighted by atomic mass is 19.1. The summed E-state index contributed by atoms with van der Waals surface area (Å²) in [5.41, 5.74) is 7.53. The zero-order valence-corrected chi connectivity index (χ0v) is 15.6. The highest BCUT2D eigenvalue weighted by molar-refractivity contribution is 6.07. The molecule has 0 bridgehead atoms. The van der Waals surface area contributed by atoms with E-state index in [1.54, 1.807) is 19.1 Å². The Kier molecular flexibility index (Phi) is 4.92. The molecule has 0 spiro atoms. The second-order valence-corrected chi connectivity index (χ2v) is 7.09. The lowest BCUT2D eigenvalue weighted by molar-refractivity contribution is 0.100. The van der Waals surface area contributed by atoms with Crippen molar-refractivity contribution in [2.24, 2.45) is 5.73 Å². The number of rotatable bonds is 4. The van der Waals surface area contributed by atoms with Crippen LogP contribution in [0.2, 0.25) is 0 Å². The molecule has 3 aromatic rings. The second-order valence-electron chi connectivity index (χ2n) is 7.09. The van der Waals surface area contributed by atoms with Gasteiger partial charge in [-0.2, -0.15) is 0 Å². The summed E-state index contributed by atoms with van der Waals surface area (Å²) in [5.74, 6) is 0.695. The van der Waals surface area contributed by atoms with Crippen molar-refractivity contribution in [2.45, 2.75) is 25.3 Å². The molecule has 1 amide bonds. The molecule has 0 saturated carbocycles. The average Bonchev–Trinajstić information content (AvgIpc) is 2.68. The Balaban J connectivity index is 1.72. The number of hydrogen-bond donors (Lipinski definition) is 3. The number of carbonyl (C=O) groups excluding carboxylic acids is 1. The smallest absolute Gasteiger partial charge is 0.250 e. The third-order valence-electron chi connectivity index (χ3n) is 5.21. The van der Waals surface area contributed by atoms with Crippen LogP contribution in [0.1, 0.15) is 34.1 Å². The standard InChI is InChI=1S/C21H22FN5O/c1-12-25-19-16(20(23)28)3-2-4-17(19)21(26-12)27-18-11-24-10-9-15(18)13-5-7-14(22)8-6-13/h2-8,15,18,24H,9-11H2,1H3,(H2,23,28)(H,25,26,27)/t15-,18+/m1/s1. The van der Waals surface area contributed by atoms with Crippen molar-refractivity contribution < 1.29 is 9.18 Å². The summed E-state index contributed by atoms with van der Waals surface area (Å²) in [7, 11) is 0. The van der Waals surface area contributed by atoms with Gasteiger partial charge in [0.2, 0.25) is 0 Å². The minimum atomic E-state index is -0.516. The molecule has 1 aromatic heterocycles. The molecular formula is C21H22FN5O. The summed E-state index contributed by atoms with van der Waals surface area (Å²) >= 11 is 0. The first-order chi connectivity index (χ1) is 13.5. The molecule has 0 aliphatic carbocycles. The van der Waals surface area contributed by atoms with Gasteiger partial charge in [-0.3, -0.25) is 4.79 Å². The van der Waals surface area contributed by atoms with Crippen LogP contribution < -0.4 is 16.4 Å². The van der Waals surface area contributed by atoms with Crippen LogP contribution in [-0.2, 0) is 0 Å². The summed E-state index contributed by atoms with van der Waals surface area (Å²) in [6.45, 7) is 3.44. The molecule has 4 rings (SSSR count). The lowest BCUT2D eigenvalue weighted by Gasteiger charge is -2.34. The highest BCUT2D eigenvalue weighted by Crippen LogP contribution is 2.30. The Hall–Kier alpha value is -3.06. The van der Waals surface area contributed by atoms with Gasteiger partial charge in [-0.1, -0.05) is 18.2 Å². The highest BCUT2D eigenvalue weighted by Gasteiger charge is 2.27. The quantitative estimate of drug-likeness (QED) is 0.648. The van der Waals surface area contributed by atoms with Crippen molar-refractivity contribution in [1.29, 1.82) is 0 Å². The van der Waals surface area contributed by atoms with E-state index in [0.29, 0.717) is 22.7 Å². The molecule has 2 heterocycles. The van der Waals surface area contributed by atoms with E-state index in [9.17, 15) is 9.18 Å². The zero-order chi connectivity index (χ0) is 19.7. The van der Waals surface area contributed by atoms with Gasteiger partial charge in [0.25, 0.3) is 5.91 Å². The molecule has 0 unspecified atom stereocenters. The molecule has 1 aliphatic rings. The summed E-state index contributed by atoms with van der Waals surface area (Å²) in [4.78, 5) is 20.8. The molecule has 1 aliphatic heterocycles. The van der Waals surface area contributed by atoms with Crippen LogP contribution in [0.15, 0.2) is 42.5 Å². The number of hydrogen-bond acceptors (Lipinski definition) is 5. The van der Waals surface area contributed by atoms with E-state index in [-0.39, 0.29) is 17.8 Å². The average molecular weight is 379 g/mol. The molecule has 6 nitrogen and oxygen atoms in total. The Labute approximate surface area is 162 Å². The van der Waals surface area contributed by atoms with Gasteiger partial charge in [0.05, 0.1) is 11.1 Å². The first-order valence-corrected chi connectivity index (χ1v) is 9.33. The van der Waals surface area contributed by atoms with E-state index < -0.39 is 5.91 Å². The minimum absolute atomic E-state index is 0.0638. The molecule has 2 aromatic carbocycles. The number of nitrogens with zero attached hydrogens (tertiary/aromatic N) is 2. The van der Waals surface area contributed by atoms with Crippen molar-refractivity contribution in [1.82, 2.24) is 15.3 Å². The fourth-order valence-corrected chi connectivity index (χ4v) is 3.87. The van der Waals surface area contributed by atoms with Gasteiger partial charge in [0.15, 0.2) is 0 Å². The van der Waals surface area contributed by atoms with E-state index in [1.807, 2.05) is 18.2 Å². The van der Waals surface area contributed by atoms with Gasteiger partial charge in [-0.15, -0.1) is 0 Å². The Bertz CT molecular complexity index is 1020. The maximum absolute atomic E-state index is 13.3. The van der Waals surface area contributed by atoms with Crippen molar-refractivity contribution in [3.05, 3.63) is 65.2 Å². The number of aromatic nitrogens is 2. The summed E-state index contributed by atoms with van der Waals surface area (Å²) in [6, 6.07) is 12.1. The predicted molar refractivity (Wildman–Crippen MR) is 107 cm³/mol. The van der Waals surface area contributed by atoms with Gasteiger partial charge in [-0.25, -0.2) is 14.4 Å². The van der Waals surface area contributed by atoms with Crippen LogP contribution in [0.4, 0.5) is 10.2 Å². The molecule has 0 radical (unpaired) electrons. The number of carbonyl (C=O) groups is 1. The Morgan fingerprint density at radius 1 is 1.21 bits per heavy atom. The van der Waals surface area contributed by atoms with Crippen molar-refractivity contribution in [2.75, 3.05) is 18.4 Å². The molecular weight excluding hydrogens is 357 g/mol. The number of halogens is 1. The first kappa shape index (κ1) is 18.3. The summed E-state index contributed by atoms with van der Waals surface area (Å²) in [6.07, 6.45) is 0.928. The number of piperidine rings is 1. The van der Waals surface area contributed by atoms with Gasteiger partial charge in [0.1, 0.15) is 17.5 Å². The van der Waals surface area contributed by atoms with Crippen LogP contribution in [0.5, 0.6) is 0 Å².